The lowest BCUT2D eigenvalue weighted by molar-refractivity contribution is 0.192. The summed E-state index contributed by atoms with van der Waals surface area (Å²) < 4.78 is 0. The first-order chi connectivity index (χ1) is 9.04. The number of likely N-dealkylation sites (tertiary alicyclic amines) is 1. The van der Waals surface area contributed by atoms with Crippen LogP contribution in [0.25, 0.3) is 0 Å². The first-order valence-electron chi connectivity index (χ1n) is 7.73. The third-order valence-corrected chi connectivity index (χ3v) is 3.76. The van der Waals surface area contributed by atoms with Crippen LogP contribution in [0.15, 0.2) is 4.99 Å². The Kier molecular flexibility index (Phi) is 7.21. The molecule has 1 aliphatic rings. The van der Waals surface area contributed by atoms with Crippen LogP contribution in [-0.2, 0) is 0 Å². The van der Waals surface area contributed by atoms with E-state index in [2.05, 4.69) is 48.2 Å². The Balaban J connectivity index is 2.41. The summed E-state index contributed by atoms with van der Waals surface area (Å²) in [5, 5.41) is 6.85. The maximum Gasteiger partial charge on any atom is 0.191 e. The average molecular weight is 268 g/mol. The fraction of sp³-hybridized carbons (Fsp3) is 0.933. The van der Waals surface area contributed by atoms with Crippen LogP contribution in [0.1, 0.15) is 40.5 Å². The summed E-state index contributed by atoms with van der Waals surface area (Å²) in [5.74, 6) is 2.24. The smallest absolute Gasteiger partial charge is 0.191 e. The van der Waals surface area contributed by atoms with Crippen LogP contribution in [0.3, 0.4) is 0 Å². The first-order valence-corrected chi connectivity index (χ1v) is 7.73. The third kappa shape index (κ3) is 5.81. The minimum Gasteiger partial charge on any atom is -0.356 e. The van der Waals surface area contributed by atoms with Crippen LogP contribution in [-0.4, -0.2) is 50.1 Å². The number of aliphatic imine (C=N–C) groups is 1. The van der Waals surface area contributed by atoms with Crippen molar-refractivity contribution >= 4 is 5.96 Å². The molecule has 1 rings (SSSR count). The number of nitrogens with one attached hydrogen (secondary N) is 2. The van der Waals surface area contributed by atoms with E-state index >= 15 is 0 Å². The molecular formula is C15H32N4. The van der Waals surface area contributed by atoms with Crippen LogP contribution in [0, 0.1) is 11.8 Å². The lowest BCUT2D eigenvalue weighted by Gasteiger charge is -2.31. The second-order valence-electron chi connectivity index (χ2n) is 6.28. The molecular weight excluding hydrogens is 236 g/mol. The van der Waals surface area contributed by atoms with Gasteiger partial charge in [0.25, 0.3) is 0 Å². The SMILES string of the molecule is CN=C(NCC(C)C)NCC(C(C)C)N1CCCC1. The van der Waals surface area contributed by atoms with Crippen LogP contribution in [0.5, 0.6) is 0 Å². The molecule has 0 aromatic heterocycles. The van der Waals surface area contributed by atoms with Crippen molar-refractivity contribution in [2.45, 2.75) is 46.6 Å². The van der Waals surface area contributed by atoms with Gasteiger partial charge in [0.2, 0.25) is 0 Å². The number of guanidine groups is 1. The Labute approximate surface area is 119 Å². The fourth-order valence-electron chi connectivity index (χ4n) is 2.58. The third-order valence-electron chi connectivity index (χ3n) is 3.76. The molecule has 2 N–H and O–H groups in total. The predicted octanol–water partition coefficient (Wildman–Crippen LogP) is 1.93. The lowest BCUT2D eigenvalue weighted by Crippen LogP contribution is -2.49. The second-order valence-corrected chi connectivity index (χ2v) is 6.28. The van der Waals surface area contributed by atoms with Crippen molar-refractivity contribution in [3.05, 3.63) is 0 Å². The van der Waals surface area contributed by atoms with Gasteiger partial charge in [0.1, 0.15) is 0 Å². The summed E-state index contributed by atoms with van der Waals surface area (Å²) in [5.41, 5.74) is 0. The average Bonchev–Trinajstić information content (AvgIpc) is 2.86. The Morgan fingerprint density at radius 3 is 2.11 bits per heavy atom. The van der Waals surface area contributed by atoms with Gasteiger partial charge in [-0.2, -0.15) is 0 Å². The van der Waals surface area contributed by atoms with Gasteiger partial charge in [0, 0.05) is 26.2 Å². The van der Waals surface area contributed by atoms with E-state index in [1.165, 1.54) is 25.9 Å². The molecule has 0 saturated carbocycles. The van der Waals surface area contributed by atoms with E-state index < -0.39 is 0 Å². The van der Waals surface area contributed by atoms with Crippen LogP contribution in [0.4, 0.5) is 0 Å². The minimum atomic E-state index is 0.611. The molecule has 0 spiro atoms. The summed E-state index contributed by atoms with van der Waals surface area (Å²) in [7, 11) is 1.84. The molecule has 0 aliphatic carbocycles. The zero-order valence-electron chi connectivity index (χ0n) is 13.4. The molecule has 19 heavy (non-hydrogen) atoms. The highest BCUT2D eigenvalue weighted by Gasteiger charge is 2.24. The number of nitrogens with zero attached hydrogens (tertiary/aromatic N) is 2. The largest absolute Gasteiger partial charge is 0.356 e. The van der Waals surface area contributed by atoms with Gasteiger partial charge in [-0.15, -0.1) is 0 Å². The van der Waals surface area contributed by atoms with E-state index in [9.17, 15) is 0 Å². The van der Waals surface area contributed by atoms with Gasteiger partial charge < -0.3 is 10.6 Å². The van der Waals surface area contributed by atoms with Crippen molar-refractivity contribution in [1.29, 1.82) is 0 Å². The van der Waals surface area contributed by atoms with Crippen molar-refractivity contribution in [1.82, 2.24) is 15.5 Å². The topological polar surface area (TPSA) is 39.7 Å². The molecule has 1 heterocycles. The van der Waals surface area contributed by atoms with Gasteiger partial charge in [-0.1, -0.05) is 27.7 Å². The molecule has 0 amide bonds. The quantitative estimate of drug-likeness (QED) is 0.571. The molecule has 0 radical (unpaired) electrons. The van der Waals surface area contributed by atoms with Gasteiger partial charge in [-0.05, 0) is 37.8 Å². The lowest BCUT2D eigenvalue weighted by atomic mass is 10.0. The minimum absolute atomic E-state index is 0.611. The molecule has 1 atom stereocenters. The van der Waals surface area contributed by atoms with Crippen LogP contribution in [0.2, 0.25) is 0 Å². The summed E-state index contributed by atoms with van der Waals surface area (Å²) in [6.07, 6.45) is 2.70. The summed E-state index contributed by atoms with van der Waals surface area (Å²) in [6.45, 7) is 13.5. The molecule has 0 aromatic carbocycles. The number of hydrogen-bond acceptors (Lipinski definition) is 2. The Morgan fingerprint density at radius 1 is 1.05 bits per heavy atom. The number of rotatable bonds is 6. The highest BCUT2D eigenvalue weighted by molar-refractivity contribution is 5.79. The van der Waals surface area contributed by atoms with Crippen molar-refractivity contribution in [2.24, 2.45) is 16.8 Å². The van der Waals surface area contributed by atoms with E-state index in [-0.39, 0.29) is 0 Å². The molecule has 1 saturated heterocycles. The molecule has 1 aliphatic heterocycles. The highest BCUT2D eigenvalue weighted by Crippen LogP contribution is 2.16. The summed E-state index contributed by atoms with van der Waals surface area (Å²) in [6, 6.07) is 0.611. The van der Waals surface area contributed by atoms with Crippen molar-refractivity contribution in [2.75, 3.05) is 33.2 Å². The van der Waals surface area contributed by atoms with Gasteiger partial charge >= 0.3 is 0 Å². The molecule has 0 aromatic rings. The van der Waals surface area contributed by atoms with Crippen molar-refractivity contribution in [3.63, 3.8) is 0 Å². The van der Waals surface area contributed by atoms with Gasteiger partial charge in [-0.3, -0.25) is 9.89 Å². The zero-order valence-corrected chi connectivity index (χ0v) is 13.4. The molecule has 1 unspecified atom stereocenters. The zero-order chi connectivity index (χ0) is 14.3. The first kappa shape index (κ1) is 16.3. The van der Waals surface area contributed by atoms with Gasteiger partial charge in [-0.25, -0.2) is 0 Å². The standard InChI is InChI=1S/C15H32N4/c1-12(2)10-17-15(16-5)18-11-14(13(3)4)19-8-6-7-9-19/h12-14H,6-11H2,1-5H3,(H2,16,17,18). The number of hydrogen-bond donors (Lipinski definition) is 2. The maximum atomic E-state index is 4.29. The molecule has 4 nitrogen and oxygen atoms in total. The second kappa shape index (κ2) is 8.41. The van der Waals surface area contributed by atoms with E-state index in [1.54, 1.807) is 0 Å². The summed E-state index contributed by atoms with van der Waals surface area (Å²) >= 11 is 0. The molecule has 1 fully saturated rings. The summed E-state index contributed by atoms with van der Waals surface area (Å²) in [4.78, 5) is 6.91. The van der Waals surface area contributed by atoms with E-state index in [4.69, 9.17) is 0 Å². The fourth-order valence-corrected chi connectivity index (χ4v) is 2.58. The Hall–Kier alpha value is -0.770. The van der Waals surface area contributed by atoms with Crippen LogP contribution < -0.4 is 10.6 Å². The molecule has 0 bridgehead atoms. The monoisotopic (exact) mass is 268 g/mol. The van der Waals surface area contributed by atoms with E-state index in [1.807, 2.05) is 7.05 Å². The van der Waals surface area contributed by atoms with E-state index in [0.717, 1.165) is 19.0 Å². The Morgan fingerprint density at radius 2 is 1.63 bits per heavy atom. The molecule has 112 valence electrons. The van der Waals surface area contributed by atoms with Crippen molar-refractivity contribution < 1.29 is 0 Å². The van der Waals surface area contributed by atoms with Crippen molar-refractivity contribution in [3.8, 4) is 0 Å². The molecule has 4 heteroatoms. The highest BCUT2D eigenvalue weighted by atomic mass is 15.2. The van der Waals surface area contributed by atoms with E-state index in [0.29, 0.717) is 17.9 Å². The van der Waals surface area contributed by atoms with Gasteiger partial charge in [0.15, 0.2) is 5.96 Å². The normalized spacial score (nSPS) is 19.2. The Bertz CT molecular complexity index is 267. The van der Waals surface area contributed by atoms with Gasteiger partial charge in [0.05, 0.1) is 0 Å². The predicted molar refractivity (Wildman–Crippen MR) is 83.6 cm³/mol. The maximum absolute atomic E-state index is 4.29. The van der Waals surface area contributed by atoms with Crippen LogP contribution >= 0.6 is 0 Å².